The van der Waals surface area contributed by atoms with Crippen molar-refractivity contribution in [3.63, 3.8) is 0 Å². The van der Waals surface area contributed by atoms with Crippen LogP contribution in [0.2, 0.25) is 0 Å². The Balaban J connectivity index is 2.47. The normalized spacial score (nSPS) is 12.6. The Kier molecular flexibility index (Phi) is 5.61. The number of halogens is 3. The van der Waals surface area contributed by atoms with Gasteiger partial charge in [0, 0.05) is 5.92 Å². The topological polar surface area (TPSA) is 35.5 Å². The average molecular weight is 288 g/mol. The lowest BCUT2D eigenvalue weighted by Gasteiger charge is -2.14. The maximum absolute atomic E-state index is 11.8. The van der Waals surface area contributed by atoms with Gasteiger partial charge in [0.05, 0.1) is 0 Å². The zero-order chi connectivity index (χ0) is 15.2. The lowest BCUT2D eigenvalue weighted by atomic mass is 9.99. The van der Waals surface area contributed by atoms with Crippen LogP contribution in [0.25, 0.3) is 0 Å². The van der Waals surface area contributed by atoms with Crippen LogP contribution in [0.4, 0.5) is 18.0 Å². The second-order valence-electron chi connectivity index (χ2n) is 4.22. The largest absolute Gasteiger partial charge is 0.508 e. The predicted molar refractivity (Wildman–Crippen MR) is 67.5 cm³/mol. The van der Waals surface area contributed by atoms with Crippen molar-refractivity contribution in [2.75, 3.05) is 13.2 Å². The molecule has 0 N–H and O–H groups in total. The first kappa shape index (κ1) is 16.1. The monoisotopic (exact) mass is 288 g/mol. The molecule has 110 valence electrons. The van der Waals surface area contributed by atoms with E-state index >= 15 is 0 Å². The van der Waals surface area contributed by atoms with Gasteiger partial charge in [0.1, 0.15) is 6.61 Å². The summed E-state index contributed by atoms with van der Waals surface area (Å²) in [4.78, 5) is 11.0. The van der Waals surface area contributed by atoms with Crippen molar-refractivity contribution >= 4 is 6.16 Å². The highest BCUT2D eigenvalue weighted by Gasteiger charge is 2.30. The average Bonchev–Trinajstić information content (AvgIpc) is 2.38. The van der Waals surface area contributed by atoms with Crippen molar-refractivity contribution in [1.29, 1.82) is 0 Å². The number of hydrogen-bond donors (Lipinski definition) is 0. The van der Waals surface area contributed by atoms with E-state index in [1.807, 2.05) is 31.2 Å². The van der Waals surface area contributed by atoms with Gasteiger partial charge < -0.3 is 9.47 Å². The van der Waals surface area contributed by atoms with Crippen LogP contribution in [-0.2, 0) is 9.47 Å². The lowest BCUT2D eigenvalue weighted by molar-refractivity contribution is -0.165. The molecule has 1 aromatic rings. The molecular formula is C14H15F3O3. The van der Waals surface area contributed by atoms with E-state index < -0.39 is 18.9 Å². The van der Waals surface area contributed by atoms with Gasteiger partial charge in [-0.05, 0) is 12.5 Å². The van der Waals surface area contributed by atoms with Gasteiger partial charge >= 0.3 is 12.3 Å². The first-order chi connectivity index (χ1) is 9.31. The summed E-state index contributed by atoms with van der Waals surface area (Å²) >= 11 is 0. The zero-order valence-corrected chi connectivity index (χ0v) is 10.9. The van der Waals surface area contributed by atoms with Crippen LogP contribution in [0.3, 0.4) is 0 Å². The van der Waals surface area contributed by atoms with Gasteiger partial charge in [-0.15, -0.1) is 6.58 Å². The molecule has 0 spiro atoms. The minimum Gasteiger partial charge on any atom is -0.433 e. The van der Waals surface area contributed by atoms with E-state index in [1.165, 1.54) is 0 Å². The van der Waals surface area contributed by atoms with Gasteiger partial charge in [0.25, 0.3) is 0 Å². The minimum atomic E-state index is -4.56. The molecule has 1 aromatic carbocycles. The van der Waals surface area contributed by atoms with E-state index in [-0.39, 0.29) is 12.5 Å². The molecule has 0 bridgehead atoms. The maximum Gasteiger partial charge on any atom is 0.508 e. The third-order valence-corrected chi connectivity index (χ3v) is 2.52. The molecule has 0 unspecified atom stereocenters. The van der Waals surface area contributed by atoms with Crippen molar-refractivity contribution in [2.24, 2.45) is 0 Å². The number of benzene rings is 1. The van der Waals surface area contributed by atoms with Crippen molar-refractivity contribution < 1.29 is 27.4 Å². The number of hydrogen-bond acceptors (Lipinski definition) is 3. The number of carbonyl (C=O) groups is 1. The Hall–Kier alpha value is -1.98. The molecule has 0 aliphatic carbocycles. The highest BCUT2D eigenvalue weighted by atomic mass is 19.4. The van der Waals surface area contributed by atoms with Crippen molar-refractivity contribution in [1.82, 2.24) is 0 Å². The van der Waals surface area contributed by atoms with E-state index in [9.17, 15) is 18.0 Å². The van der Waals surface area contributed by atoms with E-state index in [0.717, 1.165) is 11.1 Å². The van der Waals surface area contributed by atoms with Gasteiger partial charge in [0.2, 0.25) is 0 Å². The summed E-state index contributed by atoms with van der Waals surface area (Å²) in [6.45, 7) is 3.76. The molecule has 1 atom stereocenters. The fraction of sp³-hybridized carbons (Fsp3) is 0.357. The van der Waals surface area contributed by atoms with Crippen LogP contribution in [0.1, 0.15) is 17.0 Å². The standard InChI is InChI=1S/C14H15F3O3/c1-3-11(12-6-4-10(2)5-7-12)8-19-13(18)20-9-14(15,16)17/h3-7,11H,1,8-9H2,2H3/t11-/m0/s1. The van der Waals surface area contributed by atoms with Crippen LogP contribution in [0, 0.1) is 6.92 Å². The van der Waals surface area contributed by atoms with Crippen LogP contribution >= 0.6 is 0 Å². The number of ether oxygens (including phenoxy) is 2. The molecule has 6 heteroatoms. The summed E-state index contributed by atoms with van der Waals surface area (Å²) in [6, 6.07) is 7.44. The molecule has 0 saturated heterocycles. The van der Waals surface area contributed by atoms with Gasteiger partial charge in [-0.3, -0.25) is 0 Å². The molecule has 0 aromatic heterocycles. The van der Waals surface area contributed by atoms with E-state index in [2.05, 4.69) is 16.1 Å². The fourth-order valence-corrected chi connectivity index (χ4v) is 1.45. The van der Waals surface area contributed by atoms with E-state index in [4.69, 9.17) is 0 Å². The highest BCUT2D eigenvalue weighted by Crippen LogP contribution is 2.19. The minimum absolute atomic E-state index is 0.122. The molecule has 1 rings (SSSR count). The molecule has 0 radical (unpaired) electrons. The summed E-state index contributed by atoms with van der Waals surface area (Å²) in [6.07, 6.45) is -4.35. The molecule has 0 aliphatic heterocycles. The third-order valence-electron chi connectivity index (χ3n) is 2.52. The van der Waals surface area contributed by atoms with Crippen molar-refractivity contribution in [3.05, 3.63) is 48.0 Å². The van der Waals surface area contributed by atoms with Crippen LogP contribution in [0.15, 0.2) is 36.9 Å². The highest BCUT2D eigenvalue weighted by molar-refractivity contribution is 5.60. The van der Waals surface area contributed by atoms with Gasteiger partial charge in [-0.2, -0.15) is 13.2 Å². The Bertz CT molecular complexity index is 452. The quantitative estimate of drug-likeness (QED) is 0.607. The van der Waals surface area contributed by atoms with Gasteiger partial charge in [0.15, 0.2) is 6.61 Å². The second kappa shape index (κ2) is 6.98. The van der Waals surface area contributed by atoms with Crippen molar-refractivity contribution in [3.8, 4) is 0 Å². The molecule has 0 fully saturated rings. The zero-order valence-electron chi connectivity index (χ0n) is 10.9. The lowest BCUT2D eigenvalue weighted by Crippen LogP contribution is -2.22. The number of carbonyl (C=O) groups excluding carboxylic acids is 1. The summed E-state index contributed by atoms with van der Waals surface area (Å²) in [7, 11) is 0. The van der Waals surface area contributed by atoms with Crippen LogP contribution in [-0.4, -0.2) is 25.5 Å². The Labute approximate surface area is 115 Å². The molecule has 0 heterocycles. The second-order valence-corrected chi connectivity index (χ2v) is 4.22. The molecule has 0 amide bonds. The maximum atomic E-state index is 11.8. The summed E-state index contributed by atoms with van der Waals surface area (Å²) < 4.78 is 44.1. The predicted octanol–water partition coefficient (Wildman–Crippen LogP) is 3.98. The number of rotatable bonds is 5. The first-order valence-corrected chi connectivity index (χ1v) is 5.87. The van der Waals surface area contributed by atoms with E-state index in [1.54, 1.807) is 6.08 Å². The smallest absolute Gasteiger partial charge is 0.433 e. The Morgan fingerprint density at radius 1 is 1.30 bits per heavy atom. The van der Waals surface area contributed by atoms with Gasteiger partial charge in [-0.1, -0.05) is 35.9 Å². The number of aryl methyl sites for hydroxylation is 1. The van der Waals surface area contributed by atoms with E-state index in [0.29, 0.717) is 0 Å². The SMILES string of the molecule is C=C[C@@H](COC(=O)OCC(F)(F)F)c1ccc(C)cc1. The fourth-order valence-electron chi connectivity index (χ4n) is 1.45. The summed E-state index contributed by atoms with van der Waals surface area (Å²) in [5.74, 6) is -0.297. The summed E-state index contributed by atoms with van der Waals surface area (Å²) in [5, 5.41) is 0. The van der Waals surface area contributed by atoms with Crippen LogP contribution < -0.4 is 0 Å². The Morgan fingerprint density at radius 2 is 1.90 bits per heavy atom. The molecule has 20 heavy (non-hydrogen) atoms. The Morgan fingerprint density at radius 3 is 2.40 bits per heavy atom. The van der Waals surface area contributed by atoms with Gasteiger partial charge in [-0.25, -0.2) is 4.79 Å². The molecule has 0 saturated carbocycles. The van der Waals surface area contributed by atoms with Crippen LogP contribution in [0.5, 0.6) is 0 Å². The van der Waals surface area contributed by atoms with Crippen molar-refractivity contribution in [2.45, 2.75) is 19.0 Å². The number of alkyl halides is 3. The molecule has 3 nitrogen and oxygen atoms in total. The molecular weight excluding hydrogens is 273 g/mol. The molecule has 0 aliphatic rings. The first-order valence-electron chi connectivity index (χ1n) is 5.87. The summed E-state index contributed by atoms with van der Waals surface area (Å²) in [5.41, 5.74) is 1.93. The third kappa shape index (κ3) is 5.77.